The Kier molecular flexibility index (Phi) is 8.53. The van der Waals surface area contributed by atoms with Gasteiger partial charge in [0.2, 0.25) is 0 Å². The van der Waals surface area contributed by atoms with Crippen molar-refractivity contribution in [3.05, 3.63) is 54.8 Å². The van der Waals surface area contributed by atoms with Gasteiger partial charge in [0.1, 0.15) is 12.4 Å². The molecule has 0 aromatic heterocycles. The lowest BCUT2D eigenvalue weighted by Gasteiger charge is -2.17. The third-order valence-corrected chi connectivity index (χ3v) is 8.06. The van der Waals surface area contributed by atoms with E-state index in [1.54, 1.807) is 12.1 Å². The Balaban J connectivity index is 1.76. The van der Waals surface area contributed by atoms with Crippen LogP contribution in [0.1, 0.15) is 43.4 Å². The van der Waals surface area contributed by atoms with Gasteiger partial charge in [-0.05, 0) is 98.3 Å². The Labute approximate surface area is 214 Å². The predicted octanol–water partition coefficient (Wildman–Crippen LogP) is 6.86. The smallest absolute Gasteiger partial charge is 0.293 e. The van der Waals surface area contributed by atoms with Crippen LogP contribution >= 0.6 is 43.6 Å². The molecule has 1 saturated heterocycles. The summed E-state index contributed by atoms with van der Waals surface area (Å²) in [6, 6.07) is 7.68. The molecule has 0 saturated carbocycles. The van der Waals surface area contributed by atoms with Gasteiger partial charge < -0.3 is 14.6 Å². The normalized spacial score (nSPS) is 15.1. The Morgan fingerprint density at radius 1 is 1.12 bits per heavy atom. The minimum atomic E-state index is -0.379. The molecular formula is C24H25Br2NO5S. The van der Waals surface area contributed by atoms with Gasteiger partial charge in [0.15, 0.2) is 11.5 Å². The van der Waals surface area contributed by atoms with Gasteiger partial charge in [0, 0.05) is 4.47 Å². The lowest BCUT2D eigenvalue weighted by atomic mass is 10.0. The third kappa shape index (κ3) is 5.75. The first-order valence-electron chi connectivity index (χ1n) is 10.5. The lowest BCUT2D eigenvalue weighted by molar-refractivity contribution is -0.123. The average Bonchev–Trinajstić information content (AvgIpc) is 3.02. The number of carbonyl (C=O) groups is 2. The number of ether oxygens (including phenoxy) is 2. The molecule has 0 unspecified atom stereocenters. The number of halogens is 2. The zero-order chi connectivity index (χ0) is 24.3. The molecule has 0 bridgehead atoms. The van der Waals surface area contributed by atoms with Crippen LogP contribution in [0.3, 0.4) is 0 Å². The van der Waals surface area contributed by atoms with Crippen molar-refractivity contribution >= 4 is 60.8 Å². The van der Waals surface area contributed by atoms with E-state index in [1.165, 1.54) is 4.90 Å². The molecule has 1 heterocycles. The predicted molar refractivity (Wildman–Crippen MR) is 138 cm³/mol. The summed E-state index contributed by atoms with van der Waals surface area (Å²) in [4.78, 5) is 26.9. The summed E-state index contributed by atoms with van der Waals surface area (Å²) in [7, 11) is 0. The van der Waals surface area contributed by atoms with Crippen LogP contribution in [0, 0.1) is 6.92 Å². The molecule has 3 rings (SSSR count). The van der Waals surface area contributed by atoms with Crippen LogP contribution < -0.4 is 9.47 Å². The standard InChI is InChI=1S/C24H25Br2NO5S/c1-5-31-18-11-15(20(25)21(26)22(18)28)12-19-23(29)27(24(30)33-19)8-9-32-17-10-14(4)6-7-16(17)13(2)3/h6-7,10-13,28H,5,8-9H2,1-4H3/b19-12-. The molecule has 1 fully saturated rings. The summed E-state index contributed by atoms with van der Waals surface area (Å²) in [5.74, 6) is 0.934. The number of phenolic OH excluding ortho intramolecular Hbond substituents is 1. The minimum absolute atomic E-state index is 0.0388. The summed E-state index contributed by atoms with van der Waals surface area (Å²) < 4.78 is 12.4. The van der Waals surface area contributed by atoms with Gasteiger partial charge in [0.05, 0.1) is 22.5 Å². The number of imide groups is 1. The molecular weight excluding hydrogens is 574 g/mol. The molecule has 9 heteroatoms. The average molecular weight is 599 g/mol. The van der Waals surface area contributed by atoms with E-state index >= 15 is 0 Å². The van der Waals surface area contributed by atoms with Gasteiger partial charge in [-0.25, -0.2) is 0 Å². The van der Waals surface area contributed by atoms with Crippen molar-refractivity contribution in [2.45, 2.75) is 33.6 Å². The van der Waals surface area contributed by atoms with Crippen molar-refractivity contribution in [1.82, 2.24) is 4.90 Å². The first-order valence-corrected chi connectivity index (χ1v) is 12.9. The molecule has 1 aliphatic rings. The van der Waals surface area contributed by atoms with Gasteiger partial charge in [-0.1, -0.05) is 26.0 Å². The molecule has 6 nitrogen and oxygen atoms in total. The lowest BCUT2D eigenvalue weighted by Crippen LogP contribution is -2.32. The largest absolute Gasteiger partial charge is 0.503 e. The van der Waals surface area contributed by atoms with Crippen molar-refractivity contribution in [2.75, 3.05) is 19.8 Å². The molecule has 0 aliphatic carbocycles. The molecule has 1 N–H and O–H groups in total. The second-order valence-corrected chi connectivity index (χ2v) is 10.3. The van der Waals surface area contributed by atoms with Gasteiger partial charge in [-0.15, -0.1) is 0 Å². The number of hydrogen-bond donors (Lipinski definition) is 1. The number of phenols is 1. The number of benzene rings is 2. The second kappa shape index (κ2) is 11.0. The van der Waals surface area contributed by atoms with E-state index in [-0.39, 0.29) is 35.8 Å². The summed E-state index contributed by atoms with van der Waals surface area (Å²) in [6.45, 7) is 8.72. The van der Waals surface area contributed by atoms with Crippen LogP contribution in [0.5, 0.6) is 17.2 Å². The van der Waals surface area contributed by atoms with E-state index in [9.17, 15) is 14.7 Å². The maximum atomic E-state index is 12.9. The summed E-state index contributed by atoms with van der Waals surface area (Å²) >= 11 is 7.62. The third-order valence-electron chi connectivity index (χ3n) is 5.00. The molecule has 0 atom stereocenters. The number of thioether (sulfide) groups is 1. The van der Waals surface area contributed by atoms with E-state index in [4.69, 9.17) is 9.47 Å². The van der Waals surface area contributed by atoms with Gasteiger partial charge >= 0.3 is 0 Å². The number of aromatic hydroxyl groups is 1. The summed E-state index contributed by atoms with van der Waals surface area (Å²) in [6.07, 6.45) is 1.61. The van der Waals surface area contributed by atoms with Crippen molar-refractivity contribution < 1.29 is 24.2 Å². The molecule has 2 amide bonds. The van der Waals surface area contributed by atoms with E-state index < -0.39 is 0 Å². The Bertz CT molecular complexity index is 1120. The fourth-order valence-corrected chi connectivity index (χ4v) is 5.00. The van der Waals surface area contributed by atoms with Crippen molar-refractivity contribution in [3.8, 4) is 17.2 Å². The SMILES string of the molecule is CCOc1cc(/C=C2\SC(=O)N(CCOc3cc(C)ccc3C(C)C)C2=O)c(Br)c(Br)c1O. The van der Waals surface area contributed by atoms with Gasteiger partial charge in [0.25, 0.3) is 11.1 Å². The maximum Gasteiger partial charge on any atom is 0.293 e. The number of aryl methyl sites for hydroxylation is 1. The highest BCUT2D eigenvalue weighted by Crippen LogP contribution is 2.43. The van der Waals surface area contributed by atoms with Crippen LogP contribution in [0.4, 0.5) is 4.79 Å². The zero-order valence-electron chi connectivity index (χ0n) is 18.8. The van der Waals surface area contributed by atoms with Crippen molar-refractivity contribution in [2.24, 2.45) is 0 Å². The molecule has 2 aromatic rings. The fraction of sp³-hybridized carbons (Fsp3) is 0.333. The molecule has 2 aromatic carbocycles. The first-order chi connectivity index (χ1) is 15.6. The molecule has 33 heavy (non-hydrogen) atoms. The zero-order valence-corrected chi connectivity index (χ0v) is 22.8. The summed E-state index contributed by atoms with van der Waals surface area (Å²) in [5, 5.41) is 9.88. The molecule has 176 valence electrons. The highest BCUT2D eigenvalue weighted by atomic mass is 79.9. The second-order valence-electron chi connectivity index (χ2n) is 7.75. The maximum absolute atomic E-state index is 12.9. The quantitative estimate of drug-likeness (QED) is 0.334. The highest BCUT2D eigenvalue weighted by molar-refractivity contribution is 9.13. The van der Waals surface area contributed by atoms with Crippen molar-refractivity contribution in [3.63, 3.8) is 0 Å². The Morgan fingerprint density at radius 3 is 2.52 bits per heavy atom. The molecule has 0 spiro atoms. The van der Waals surface area contributed by atoms with Gasteiger partial charge in [-0.2, -0.15) is 0 Å². The van der Waals surface area contributed by atoms with Crippen LogP contribution in [0.25, 0.3) is 6.08 Å². The van der Waals surface area contributed by atoms with E-state index in [0.717, 1.165) is 28.6 Å². The van der Waals surface area contributed by atoms with Crippen LogP contribution in [-0.2, 0) is 4.79 Å². The van der Waals surface area contributed by atoms with Crippen LogP contribution in [0.15, 0.2) is 38.1 Å². The number of rotatable bonds is 8. The molecule has 0 radical (unpaired) electrons. The molecule has 1 aliphatic heterocycles. The number of carbonyl (C=O) groups excluding carboxylic acids is 2. The minimum Gasteiger partial charge on any atom is -0.503 e. The number of hydrogen-bond acceptors (Lipinski definition) is 6. The Morgan fingerprint density at radius 2 is 1.85 bits per heavy atom. The van der Waals surface area contributed by atoms with E-state index in [1.807, 2.05) is 32.0 Å². The van der Waals surface area contributed by atoms with E-state index in [2.05, 4.69) is 45.7 Å². The van der Waals surface area contributed by atoms with Crippen molar-refractivity contribution in [1.29, 1.82) is 0 Å². The highest BCUT2D eigenvalue weighted by Gasteiger charge is 2.35. The van der Waals surface area contributed by atoms with Crippen LogP contribution in [-0.4, -0.2) is 40.9 Å². The van der Waals surface area contributed by atoms with E-state index in [0.29, 0.717) is 31.9 Å². The number of amides is 2. The first kappa shape index (κ1) is 25.6. The Hall–Kier alpha value is -1.97. The van der Waals surface area contributed by atoms with Crippen LogP contribution in [0.2, 0.25) is 0 Å². The fourth-order valence-electron chi connectivity index (χ4n) is 3.31. The summed E-state index contributed by atoms with van der Waals surface area (Å²) in [5.41, 5.74) is 2.77. The topological polar surface area (TPSA) is 76.1 Å². The number of nitrogens with zero attached hydrogens (tertiary/aromatic N) is 1. The monoisotopic (exact) mass is 597 g/mol. The van der Waals surface area contributed by atoms with Gasteiger partial charge in [-0.3, -0.25) is 14.5 Å².